The van der Waals surface area contributed by atoms with Gasteiger partial charge in [-0.25, -0.2) is 4.79 Å². The zero-order valence-corrected chi connectivity index (χ0v) is 10.4. The number of carbonyl (C=O) groups excluding carboxylic acids is 1. The normalized spacial score (nSPS) is 12.3. The molecule has 0 heterocycles. The highest BCUT2D eigenvalue weighted by Crippen LogP contribution is 2.28. The zero-order valence-electron chi connectivity index (χ0n) is 10.4. The van der Waals surface area contributed by atoms with Crippen molar-refractivity contribution in [3.63, 3.8) is 0 Å². The van der Waals surface area contributed by atoms with Crippen molar-refractivity contribution in [1.29, 1.82) is 0 Å². The maximum Gasteiger partial charge on any atom is 0.235 e. The van der Waals surface area contributed by atoms with Crippen molar-refractivity contribution < 1.29 is 4.79 Å². The van der Waals surface area contributed by atoms with Gasteiger partial charge in [0, 0.05) is 0 Å². The van der Waals surface area contributed by atoms with E-state index in [4.69, 9.17) is 0 Å². The van der Waals surface area contributed by atoms with E-state index in [0.717, 1.165) is 12.0 Å². The molecule has 0 N–H and O–H groups in total. The van der Waals surface area contributed by atoms with Gasteiger partial charge in [0.15, 0.2) is 0 Å². The summed E-state index contributed by atoms with van der Waals surface area (Å²) < 4.78 is 0. The van der Waals surface area contributed by atoms with E-state index in [9.17, 15) is 4.79 Å². The summed E-state index contributed by atoms with van der Waals surface area (Å²) in [6, 6.07) is 6.11. The second-order valence-electron chi connectivity index (χ2n) is 4.65. The molecule has 0 aliphatic carbocycles. The third-order valence-corrected chi connectivity index (χ3v) is 2.91. The summed E-state index contributed by atoms with van der Waals surface area (Å²) in [5.41, 5.74) is 3.62. The average Bonchev–Trinajstić information content (AvgIpc) is 2.21. The van der Waals surface area contributed by atoms with Gasteiger partial charge in [0.25, 0.3) is 0 Å². The molecule has 1 unspecified atom stereocenters. The number of hydrogen-bond acceptors (Lipinski definition) is 2. The third-order valence-electron chi connectivity index (χ3n) is 2.91. The molecule has 1 rings (SSSR count). The van der Waals surface area contributed by atoms with Crippen molar-refractivity contribution in [3.8, 4) is 0 Å². The fourth-order valence-electron chi connectivity index (χ4n) is 1.89. The molecular weight excluding hydrogens is 198 g/mol. The summed E-state index contributed by atoms with van der Waals surface area (Å²) in [5.74, 6) is 0.516. The van der Waals surface area contributed by atoms with Crippen LogP contribution in [0.5, 0.6) is 0 Å². The molecule has 1 aromatic carbocycles. The Morgan fingerprint density at radius 1 is 1.31 bits per heavy atom. The van der Waals surface area contributed by atoms with Gasteiger partial charge in [0.05, 0.1) is 6.04 Å². The van der Waals surface area contributed by atoms with E-state index in [1.807, 2.05) is 6.07 Å². The molecule has 1 aromatic rings. The van der Waals surface area contributed by atoms with E-state index >= 15 is 0 Å². The molecule has 0 saturated carbocycles. The largest absolute Gasteiger partial charge is 0.235 e. The minimum absolute atomic E-state index is 0.0441. The highest BCUT2D eigenvalue weighted by Gasteiger charge is 2.15. The standard InChI is InChI=1S/C14H19NO/c1-10(2)8-14(15-9-16)13-7-5-6-11(3)12(13)4/h5-7,10,14H,8H2,1-4H3. The van der Waals surface area contributed by atoms with E-state index in [2.05, 4.69) is 44.8 Å². The molecular formula is C14H19NO. The van der Waals surface area contributed by atoms with Crippen LogP contribution in [0.3, 0.4) is 0 Å². The molecule has 0 radical (unpaired) electrons. The maximum atomic E-state index is 10.5. The first kappa shape index (κ1) is 12.7. The van der Waals surface area contributed by atoms with Crippen LogP contribution in [0.4, 0.5) is 0 Å². The van der Waals surface area contributed by atoms with Gasteiger partial charge >= 0.3 is 0 Å². The predicted octanol–water partition coefficient (Wildman–Crippen LogP) is 3.73. The molecule has 16 heavy (non-hydrogen) atoms. The monoisotopic (exact) mass is 217 g/mol. The second-order valence-corrected chi connectivity index (χ2v) is 4.65. The Hall–Kier alpha value is -1.40. The molecule has 0 aromatic heterocycles. The van der Waals surface area contributed by atoms with E-state index in [1.54, 1.807) is 6.08 Å². The third kappa shape index (κ3) is 3.04. The summed E-state index contributed by atoms with van der Waals surface area (Å²) in [7, 11) is 0. The van der Waals surface area contributed by atoms with Crippen LogP contribution in [0.25, 0.3) is 0 Å². The predicted molar refractivity (Wildman–Crippen MR) is 66.2 cm³/mol. The van der Waals surface area contributed by atoms with Crippen LogP contribution in [0.1, 0.15) is 43.0 Å². The van der Waals surface area contributed by atoms with Crippen molar-refractivity contribution >= 4 is 6.08 Å². The molecule has 1 atom stereocenters. The van der Waals surface area contributed by atoms with Crippen molar-refractivity contribution in [3.05, 3.63) is 34.9 Å². The maximum absolute atomic E-state index is 10.5. The molecule has 0 spiro atoms. The first-order valence-electron chi connectivity index (χ1n) is 5.69. The van der Waals surface area contributed by atoms with E-state index < -0.39 is 0 Å². The van der Waals surface area contributed by atoms with Crippen LogP contribution >= 0.6 is 0 Å². The van der Waals surface area contributed by atoms with Crippen LogP contribution < -0.4 is 0 Å². The Morgan fingerprint density at radius 3 is 2.56 bits per heavy atom. The van der Waals surface area contributed by atoms with Crippen molar-refractivity contribution in [2.45, 2.75) is 40.2 Å². The number of isocyanates is 1. The number of aliphatic imine (C=N–C) groups is 1. The van der Waals surface area contributed by atoms with E-state index in [-0.39, 0.29) is 6.04 Å². The molecule has 0 aliphatic rings. The first-order chi connectivity index (χ1) is 7.56. The van der Waals surface area contributed by atoms with Crippen LogP contribution in [-0.2, 0) is 4.79 Å². The fourth-order valence-corrected chi connectivity index (χ4v) is 1.89. The Bertz CT molecular complexity index is 403. The highest BCUT2D eigenvalue weighted by atomic mass is 16.1. The molecule has 0 aliphatic heterocycles. The smallest absolute Gasteiger partial charge is 0.211 e. The minimum Gasteiger partial charge on any atom is -0.211 e. The Balaban J connectivity index is 3.10. The van der Waals surface area contributed by atoms with Crippen molar-refractivity contribution in [2.24, 2.45) is 10.9 Å². The van der Waals surface area contributed by atoms with Crippen molar-refractivity contribution in [2.75, 3.05) is 0 Å². The number of benzene rings is 1. The Morgan fingerprint density at radius 2 is 2.00 bits per heavy atom. The number of nitrogens with zero attached hydrogens (tertiary/aromatic N) is 1. The average molecular weight is 217 g/mol. The Labute approximate surface area is 97.4 Å². The van der Waals surface area contributed by atoms with Crippen LogP contribution in [0.15, 0.2) is 23.2 Å². The number of hydrogen-bond donors (Lipinski definition) is 0. The summed E-state index contributed by atoms with van der Waals surface area (Å²) in [5, 5.41) is 0. The lowest BCUT2D eigenvalue weighted by Crippen LogP contribution is -2.03. The highest BCUT2D eigenvalue weighted by molar-refractivity contribution is 5.39. The fraction of sp³-hybridized carbons (Fsp3) is 0.500. The molecule has 0 bridgehead atoms. The summed E-state index contributed by atoms with van der Waals surface area (Å²) in [4.78, 5) is 14.4. The summed E-state index contributed by atoms with van der Waals surface area (Å²) >= 11 is 0. The van der Waals surface area contributed by atoms with Gasteiger partial charge in [-0.1, -0.05) is 32.0 Å². The molecule has 86 valence electrons. The van der Waals surface area contributed by atoms with Gasteiger partial charge in [-0.15, -0.1) is 0 Å². The van der Waals surface area contributed by atoms with Crippen molar-refractivity contribution in [1.82, 2.24) is 0 Å². The lowest BCUT2D eigenvalue weighted by molar-refractivity contribution is 0.501. The minimum atomic E-state index is -0.0441. The van der Waals surface area contributed by atoms with Gasteiger partial charge in [0.2, 0.25) is 6.08 Å². The van der Waals surface area contributed by atoms with Gasteiger partial charge < -0.3 is 0 Å². The van der Waals surface area contributed by atoms with Gasteiger partial charge in [-0.2, -0.15) is 4.99 Å². The van der Waals surface area contributed by atoms with Crippen LogP contribution in [-0.4, -0.2) is 6.08 Å². The van der Waals surface area contributed by atoms with E-state index in [1.165, 1.54) is 11.1 Å². The SMILES string of the molecule is Cc1cccc(C(CC(C)C)N=C=O)c1C. The first-order valence-corrected chi connectivity index (χ1v) is 5.69. The van der Waals surface area contributed by atoms with Gasteiger partial charge in [-0.3, -0.25) is 0 Å². The molecule has 2 nitrogen and oxygen atoms in total. The van der Waals surface area contributed by atoms with Crippen LogP contribution in [0.2, 0.25) is 0 Å². The molecule has 2 heteroatoms. The summed E-state index contributed by atoms with van der Waals surface area (Å²) in [6.07, 6.45) is 2.58. The number of aryl methyl sites for hydroxylation is 1. The van der Waals surface area contributed by atoms with Gasteiger partial charge in [0.1, 0.15) is 0 Å². The number of rotatable bonds is 4. The summed E-state index contributed by atoms with van der Waals surface area (Å²) in [6.45, 7) is 8.44. The molecule has 0 saturated heterocycles. The quantitative estimate of drug-likeness (QED) is 0.558. The lowest BCUT2D eigenvalue weighted by atomic mass is 9.92. The molecule has 0 fully saturated rings. The molecule has 0 amide bonds. The topological polar surface area (TPSA) is 29.4 Å². The lowest BCUT2D eigenvalue weighted by Gasteiger charge is -2.17. The zero-order chi connectivity index (χ0) is 12.1. The van der Waals surface area contributed by atoms with E-state index in [0.29, 0.717) is 5.92 Å². The Kier molecular flexibility index (Phi) is 4.45. The van der Waals surface area contributed by atoms with Crippen LogP contribution in [0, 0.1) is 19.8 Å². The second kappa shape index (κ2) is 5.62. The van der Waals surface area contributed by atoms with Gasteiger partial charge in [-0.05, 0) is 42.9 Å².